The molecular weight excluding hydrogens is 196 g/mol. The summed E-state index contributed by atoms with van der Waals surface area (Å²) in [6.07, 6.45) is 4.23. The second kappa shape index (κ2) is 4.33. The molecule has 1 aromatic carbocycles. The topological polar surface area (TPSA) is 40.1 Å². The summed E-state index contributed by atoms with van der Waals surface area (Å²) in [6, 6.07) is 7.38. The lowest BCUT2D eigenvalue weighted by Crippen LogP contribution is -2.22. The van der Waals surface area contributed by atoms with Gasteiger partial charge in [0.15, 0.2) is 4.90 Å². The number of benzene rings is 1. The number of hydrogen-bond donors (Lipinski definition) is 0. The number of rotatable bonds is 3. The van der Waals surface area contributed by atoms with Crippen LogP contribution in [-0.2, 0) is 15.7 Å². The molecule has 0 N–H and O–H groups in total. The van der Waals surface area contributed by atoms with Gasteiger partial charge in [0.25, 0.3) is 0 Å². The van der Waals surface area contributed by atoms with Gasteiger partial charge in [-0.15, -0.1) is 0 Å². The number of carbonyl (C=O) groups excluding carboxylic acids is 1. The van der Waals surface area contributed by atoms with Crippen LogP contribution >= 0.6 is 0 Å². The van der Waals surface area contributed by atoms with Crippen molar-refractivity contribution < 1.29 is 9.90 Å². The zero-order valence-electron chi connectivity index (χ0n) is 8.24. The lowest BCUT2D eigenvalue weighted by atomic mass is 10.1. The molecular formula is C11H12O2S. The number of hydrogen-bond acceptors (Lipinski definition) is 2. The van der Waals surface area contributed by atoms with Gasteiger partial charge in [-0.25, -0.2) is 0 Å². The maximum atomic E-state index is 10.5. The lowest BCUT2D eigenvalue weighted by molar-refractivity contribution is -0.295. The van der Waals surface area contributed by atoms with Gasteiger partial charge in [-0.05, 0) is 35.4 Å². The van der Waals surface area contributed by atoms with Crippen LogP contribution in [0.2, 0.25) is 0 Å². The fraction of sp³-hybridized carbons (Fsp3) is 0.182. The number of aliphatic carboxylic acids is 1. The van der Waals surface area contributed by atoms with Gasteiger partial charge < -0.3 is 9.90 Å². The molecule has 0 bridgehead atoms. The molecule has 0 aliphatic carbocycles. The smallest absolute Gasteiger partial charge is 0.154 e. The van der Waals surface area contributed by atoms with E-state index in [1.54, 1.807) is 12.1 Å². The first-order valence-corrected chi connectivity index (χ1v) is 6.15. The van der Waals surface area contributed by atoms with Crippen LogP contribution in [0.15, 0.2) is 35.7 Å². The van der Waals surface area contributed by atoms with E-state index in [1.165, 1.54) is 4.90 Å². The van der Waals surface area contributed by atoms with E-state index in [2.05, 4.69) is 19.1 Å². The molecule has 0 radical (unpaired) electrons. The highest BCUT2D eigenvalue weighted by atomic mass is 32.2. The SMILES string of the molecule is C=C(C(=O)[O-])c1ccc([S+](C)C)cc1. The minimum atomic E-state index is -1.22. The summed E-state index contributed by atoms with van der Waals surface area (Å²) in [5.41, 5.74) is 0.642. The number of carboxylic acid groups (broad SMARTS) is 1. The zero-order chi connectivity index (χ0) is 10.7. The standard InChI is InChI=1S/C11H12O2S/c1-8(11(12)13)9-4-6-10(7-5-9)14(2)3/h4-7H,1H2,2-3H3. The third-order valence-electron chi connectivity index (χ3n) is 1.92. The van der Waals surface area contributed by atoms with Gasteiger partial charge in [-0.1, -0.05) is 6.58 Å². The Bertz CT molecular complexity index is 352. The Morgan fingerprint density at radius 2 is 1.79 bits per heavy atom. The van der Waals surface area contributed by atoms with Gasteiger partial charge in [0, 0.05) is 10.9 Å². The minimum Gasteiger partial charge on any atom is -0.545 e. The van der Waals surface area contributed by atoms with Crippen LogP contribution < -0.4 is 5.11 Å². The Morgan fingerprint density at radius 3 is 2.14 bits per heavy atom. The van der Waals surface area contributed by atoms with Crippen LogP contribution in [-0.4, -0.2) is 18.5 Å². The Labute approximate surface area is 86.6 Å². The maximum Gasteiger partial charge on any atom is 0.154 e. The molecule has 14 heavy (non-hydrogen) atoms. The van der Waals surface area contributed by atoms with Crippen LogP contribution in [0.3, 0.4) is 0 Å². The van der Waals surface area contributed by atoms with Gasteiger partial charge in [-0.3, -0.25) is 0 Å². The van der Waals surface area contributed by atoms with Gasteiger partial charge in [0.05, 0.1) is 5.97 Å². The third kappa shape index (κ3) is 2.39. The van der Waals surface area contributed by atoms with Crippen LogP contribution in [0.4, 0.5) is 0 Å². The van der Waals surface area contributed by atoms with Crippen LogP contribution in [0.1, 0.15) is 5.56 Å². The molecule has 74 valence electrons. The Kier molecular flexibility index (Phi) is 3.36. The molecule has 0 amide bonds. The molecule has 0 unspecified atom stereocenters. The van der Waals surface area contributed by atoms with Crippen molar-refractivity contribution in [2.45, 2.75) is 4.90 Å². The van der Waals surface area contributed by atoms with E-state index in [-0.39, 0.29) is 16.5 Å². The van der Waals surface area contributed by atoms with Crippen molar-refractivity contribution in [3.63, 3.8) is 0 Å². The van der Waals surface area contributed by atoms with Crippen molar-refractivity contribution in [3.8, 4) is 0 Å². The average Bonchev–Trinajstić information content (AvgIpc) is 2.16. The van der Waals surface area contributed by atoms with E-state index in [0.717, 1.165) is 0 Å². The highest BCUT2D eigenvalue weighted by Gasteiger charge is 2.08. The van der Waals surface area contributed by atoms with Crippen molar-refractivity contribution in [1.82, 2.24) is 0 Å². The normalized spacial score (nSPS) is 10.2. The lowest BCUT2D eigenvalue weighted by Gasteiger charge is -2.06. The molecule has 0 atom stereocenters. The molecule has 1 rings (SSSR count). The fourth-order valence-corrected chi connectivity index (χ4v) is 1.73. The summed E-state index contributed by atoms with van der Waals surface area (Å²) in [7, 11) is 0.196. The Morgan fingerprint density at radius 1 is 1.29 bits per heavy atom. The molecule has 0 aliphatic heterocycles. The Hall–Kier alpha value is -1.22. The van der Waals surface area contributed by atoms with E-state index in [9.17, 15) is 9.90 Å². The predicted molar refractivity (Wildman–Crippen MR) is 58.0 cm³/mol. The van der Waals surface area contributed by atoms with Crippen molar-refractivity contribution in [2.24, 2.45) is 0 Å². The molecule has 0 saturated heterocycles. The third-order valence-corrected chi connectivity index (χ3v) is 3.14. The highest BCUT2D eigenvalue weighted by Crippen LogP contribution is 2.15. The molecule has 0 aliphatic rings. The van der Waals surface area contributed by atoms with E-state index < -0.39 is 5.97 Å². The van der Waals surface area contributed by atoms with Crippen molar-refractivity contribution in [2.75, 3.05) is 12.5 Å². The highest BCUT2D eigenvalue weighted by molar-refractivity contribution is 7.95. The van der Waals surface area contributed by atoms with E-state index in [1.807, 2.05) is 12.1 Å². The molecule has 1 aromatic rings. The second-order valence-electron chi connectivity index (χ2n) is 3.11. The summed E-state index contributed by atoms with van der Waals surface area (Å²) >= 11 is 0. The maximum absolute atomic E-state index is 10.5. The van der Waals surface area contributed by atoms with Gasteiger partial charge in [-0.2, -0.15) is 0 Å². The van der Waals surface area contributed by atoms with Gasteiger partial charge in [0.2, 0.25) is 0 Å². The van der Waals surface area contributed by atoms with Crippen molar-refractivity contribution in [1.29, 1.82) is 0 Å². The number of carboxylic acids is 1. The molecule has 2 nitrogen and oxygen atoms in total. The first-order valence-electron chi connectivity index (χ1n) is 4.10. The molecule has 0 spiro atoms. The molecule has 0 fully saturated rings. The second-order valence-corrected chi connectivity index (χ2v) is 5.21. The van der Waals surface area contributed by atoms with Gasteiger partial charge >= 0.3 is 0 Å². The molecule has 0 heterocycles. The average molecular weight is 208 g/mol. The first-order chi connectivity index (χ1) is 6.52. The van der Waals surface area contributed by atoms with Gasteiger partial charge in [0.1, 0.15) is 12.5 Å². The van der Waals surface area contributed by atoms with E-state index in [4.69, 9.17) is 0 Å². The predicted octanol–water partition coefficient (Wildman–Crippen LogP) is 0.687. The van der Waals surface area contributed by atoms with E-state index in [0.29, 0.717) is 5.56 Å². The Balaban J connectivity index is 2.94. The first kappa shape index (κ1) is 10.9. The fourth-order valence-electron chi connectivity index (χ4n) is 1.05. The molecule has 0 saturated carbocycles. The molecule has 3 heteroatoms. The monoisotopic (exact) mass is 208 g/mol. The largest absolute Gasteiger partial charge is 0.545 e. The summed E-state index contributed by atoms with van der Waals surface area (Å²) < 4.78 is 0. The van der Waals surface area contributed by atoms with Crippen LogP contribution in [0.25, 0.3) is 5.57 Å². The molecule has 0 aromatic heterocycles. The summed E-state index contributed by atoms with van der Waals surface area (Å²) in [4.78, 5) is 11.7. The van der Waals surface area contributed by atoms with Crippen LogP contribution in [0.5, 0.6) is 0 Å². The summed E-state index contributed by atoms with van der Waals surface area (Å²) in [6.45, 7) is 3.44. The van der Waals surface area contributed by atoms with Crippen LogP contribution in [0, 0.1) is 0 Å². The minimum absolute atomic E-state index is 0.0311. The quantitative estimate of drug-likeness (QED) is 0.541. The van der Waals surface area contributed by atoms with Crippen molar-refractivity contribution in [3.05, 3.63) is 36.4 Å². The number of carbonyl (C=O) groups is 1. The van der Waals surface area contributed by atoms with Crippen molar-refractivity contribution >= 4 is 22.4 Å². The summed E-state index contributed by atoms with van der Waals surface area (Å²) in [5.74, 6) is -1.22. The summed E-state index contributed by atoms with van der Waals surface area (Å²) in [5, 5.41) is 10.5. The van der Waals surface area contributed by atoms with E-state index >= 15 is 0 Å². The zero-order valence-corrected chi connectivity index (χ0v) is 9.06.